The summed E-state index contributed by atoms with van der Waals surface area (Å²) in [6.07, 6.45) is 1.09. The molecule has 0 aliphatic heterocycles. The van der Waals surface area contributed by atoms with Gasteiger partial charge >= 0.3 is 0 Å². The van der Waals surface area contributed by atoms with Crippen LogP contribution in [0, 0.1) is 11.3 Å². The van der Waals surface area contributed by atoms with E-state index in [1.54, 1.807) is 0 Å². The second-order valence-corrected chi connectivity index (χ2v) is 5.59. The lowest BCUT2D eigenvalue weighted by Crippen LogP contribution is -2.13. The summed E-state index contributed by atoms with van der Waals surface area (Å²) in [5, 5.41) is 12.6. The molecule has 0 atom stereocenters. The second kappa shape index (κ2) is 7.82. The maximum absolute atomic E-state index is 9.29. The molecule has 2 aromatic rings. The van der Waals surface area contributed by atoms with Crippen molar-refractivity contribution in [2.24, 2.45) is 0 Å². The van der Waals surface area contributed by atoms with Crippen molar-refractivity contribution in [3.8, 4) is 17.6 Å². The summed E-state index contributed by atoms with van der Waals surface area (Å²) >= 11 is 3.40. The van der Waals surface area contributed by atoms with E-state index in [0.29, 0.717) is 17.1 Å². The lowest BCUT2D eigenvalue weighted by molar-refractivity contribution is 0.480. The van der Waals surface area contributed by atoms with Crippen LogP contribution in [0.4, 0.5) is 0 Å². The lowest BCUT2D eigenvalue weighted by atomic mass is 10.1. The van der Waals surface area contributed by atoms with Crippen LogP contribution in [-0.4, -0.2) is 6.54 Å². The van der Waals surface area contributed by atoms with Crippen LogP contribution in [0.25, 0.3) is 0 Å². The number of hydrogen-bond acceptors (Lipinski definition) is 3. The molecule has 0 aliphatic rings. The van der Waals surface area contributed by atoms with Crippen LogP contribution >= 0.6 is 15.9 Å². The maximum Gasteiger partial charge on any atom is 0.145 e. The van der Waals surface area contributed by atoms with Gasteiger partial charge in [-0.05, 0) is 48.9 Å². The highest BCUT2D eigenvalue weighted by Gasteiger charge is 2.06. The van der Waals surface area contributed by atoms with Crippen LogP contribution in [-0.2, 0) is 6.54 Å². The van der Waals surface area contributed by atoms with Crippen molar-refractivity contribution in [2.45, 2.75) is 19.9 Å². The Hall–Kier alpha value is -1.83. The van der Waals surface area contributed by atoms with Crippen LogP contribution in [0.2, 0.25) is 0 Å². The van der Waals surface area contributed by atoms with E-state index in [0.717, 1.165) is 29.5 Å². The zero-order valence-electron chi connectivity index (χ0n) is 11.9. The highest BCUT2D eigenvalue weighted by atomic mass is 79.9. The predicted molar refractivity (Wildman–Crippen MR) is 87.4 cm³/mol. The Morgan fingerprint density at radius 1 is 1.24 bits per heavy atom. The van der Waals surface area contributed by atoms with E-state index in [1.807, 2.05) is 42.5 Å². The Bertz CT molecular complexity index is 649. The van der Waals surface area contributed by atoms with Gasteiger partial charge in [-0.2, -0.15) is 5.26 Å². The average molecular weight is 345 g/mol. The van der Waals surface area contributed by atoms with Gasteiger partial charge in [-0.3, -0.25) is 0 Å². The van der Waals surface area contributed by atoms with Crippen molar-refractivity contribution in [3.05, 3.63) is 58.1 Å². The van der Waals surface area contributed by atoms with Gasteiger partial charge in [0.2, 0.25) is 0 Å². The normalized spacial score (nSPS) is 10.1. The van der Waals surface area contributed by atoms with Crippen LogP contribution in [0.1, 0.15) is 24.5 Å². The van der Waals surface area contributed by atoms with Crippen LogP contribution in [0.5, 0.6) is 11.5 Å². The molecule has 0 aromatic heterocycles. The molecule has 4 heteroatoms. The summed E-state index contributed by atoms with van der Waals surface area (Å²) in [4.78, 5) is 0. The third-order valence-corrected chi connectivity index (χ3v) is 3.44. The van der Waals surface area contributed by atoms with Crippen LogP contribution in [0.3, 0.4) is 0 Å². The molecule has 0 fully saturated rings. The van der Waals surface area contributed by atoms with Crippen molar-refractivity contribution >= 4 is 15.9 Å². The molecule has 0 saturated heterocycles. The molecule has 2 rings (SSSR count). The average Bonchev–Trinajstić information content (AvgIpc) is 2.49. The molecule has 0 unspecified atom stereocenters. The second-order valence-electron chi connectivity index (χ2n) is 4.68. The van der Waals surface area contributed by atoms with Gasteiger partial charge in [0.05, 0.1) is 5.56 Å². The predicted octanol–water partition coefficient (Wildman–Crippen LogP) is 4.61. The Kier molecular flexibility index (Phi) is 5.79. The van der Waals surface area contributed by atoms with Gasteiger partial charge in [0.25, 0.3) is 0 Å². The van der Waals surface area contributed by atoms with Gasteiger partial charge in [0, 0.05) is 11.0 Å². The quantitative estimate of drug-likeness (QED) is 0.778. The van der Waals surface area contributed by atoms with E-state index in [-0.39, 0.29) is 0 Å². The Labute approximate surface area is 133 Å². The largest absolute Gasteiger partial charge is 0.456 e. The maximum atomic E-state index is 9.29. The number of nitrogens with one attached hydrogen (secondary N) is 1. The third-order valence-electron chi connectivity index (χ3n) is 2.94. The number of benzene rings is 2. The molecule has 2 aromatic carbocycles. The molecule has 0 amide bonds. The summed E-state index contributed by atoms with van der Waals surface area (Å²) in [5.74, 6) is 1.28. The van der Waals surface area contributed by atoms with Crippen molar-refractivity contribution in [1.29, 1.82) is 5.26 Å². The van der Waals surface area contributed by atoms with E-state index in [2.05, 4.69) is 34.2 Å². The molecule has 21 heavy (non-hydrogen) atoms. The number of halogens is 1. The minimum absolute atomic E-state index is 0.547. The highest BCUT2D eigenvalue weighted by molar-refractivity contribution is 9.10. The zero-order valence-corrected chi connectivity index (χ0v) is 13.5. The number of rotatable bonds is 6. The first kappa shape index (κ1) is 15.6. The summed E-state index contributed by atoms with van der Waals surface area (Å²) in [5.41, 5.74) is 1.63. The molecule has 0 bridgehead atoms. The zero-order chi connectivity index (χ0) is 15.1. The van der Waals surface area contributed by atoms with E-state index in [1.165, 1.54) is 0 Å². The number of hydrogen-bond donors (Lipinski definition) is 1. The van der Waals surface area contributed by atoms with Gasteiger partial charge in [-0.15, -0.1) is 0 Å². The highest BCUT2D eigenvalue weighted by Crippen LogP contribution is 2.27. The van der Waals surface area contributed by atoms with Gasteiger partial charge in [-0.25, -0.2) is 0 Å². The standard InChI is InChI=1S/C17H17BrN2O/c1-2-8-20-12-13-6-7-17(14(9-13)11-19)21-16-5-3-4-15(18)10-16/h3-7,9-10,20H,2,8,12H2,1H3. The number of nitriles is 1. The fourth-order valence-electron chi connectivity index (χ4n) is 1.93. The van der Waals surface area contributed by atoms with Crippen molar-refractivity contribution in [2.75, 3.05) is 6.54 Å². The molecule has 0 radical (unpaired) electrons. The van der Waals surface area contributed by atoms with E-state index >= 15 is 0 Å². The van der Waals surface area contributed by atoms with Crippen molar-refractivity contribution < 1.29 is 4.74 Å². The van der Waals surface area contributed by atoms with Crippen LogP contribution in [0.15, 0.2) is 46.9 Å². The van der Waals surface area contributed by atoms with E-state index in [4.69, 9.17) is 4.74 Å². The molecule has 0 heterocycles. The molecular formula is C17H17BrN2O. The summed E-state index contributed by atoms with van der Waals surface area (Å²) in [6, 6.07) is 15.5. The Balaban J connectivity index is 2.15. The molecule has 1 N–H and O–H groups in total. The van der Waals surface area contributed by atoms with Gasteiger partial charge in [-0.1, -0.05) is 35.0 Å². The first-order chi connectivity index (χ1) is 10.2. The Morgan fingerprint density at radius 2 is 2.10 bits per heavy atom. The fourth-order valence-corrected chi connectivity index (χ4v) is 2.31. The van der Waals surface area contributed by atoms with Crippen molar-refractivity contribution in [3.63, 3.8) is 0 Å². The minimum atomic E-state index is 0.547. The molecular weight excluding hydrogens is 328 g/mol. The van der Waals surface area contributed by atoms with E-state index < -0.39 is 0 Å². The SMILES string of the molecule is CCCNCc1ccc(Oc2cccc(Br)c2)c(C#N)c1. The molecule has 0 spiro atoms. The summed E-state index contributed by atoms with van der Waals surface area (Å²) in [6.45, 7) is 3.86. The Morgan fingerprint density at radius 3 is 2.81 bits per heavy atom. The van der Waals surface area contributed by atoms with Gasteiger partial charge in [0.15, 0.2) is 0 Å². The number of ether oxygens (including phenoxy) is 1. The van der Waals surface area contributed by atoms with E-state index in [9.17, 15) is 5.26 Å². The molecule has 0 saturated carbocycles. The first-order valence-corrected chi connectivity index (χ1v) is 7.69. The monoisotopic (exact) mass is 344 g/mol. The smallest absolute Gasteiger partial charge is 0.145 e. The van der Waals surface area contributed by atoms with Gasteiger partial charge in [0.1, 0.15) is 17.6 Å². The minimum Gasteiger partial charge on any atom is -0.456 e. The van der Waals surface area contributed by atoms with Gasteiger partial charge < -0.3 is 10.1 Å². The fraction of sp³-hybridized carbons (Fsp3) is 0.235. The summed E-state index contributed by atoms with van der Waals surface area (Å²) in [7, 11) is 0. The van der Waals surface area contributed by atoms with Crippen LogP contribution < -0.4 is 10.1 Å². The topological polar surface area (TPSA) is 45.0 Å². The molecule has 108 valence electrons. The van der Waals surface area contributed by atoms with Crippen molar-refractivity contribution in [1.82, 2.24) is 5.32 Å². The number of nitrogens with zero attached hydrogens (tertiary/aromatic N) is 1. The summed E-state index contributed by atoms with van der Waals surface area (Å²) < 4.78 is 6.73. The molecule has 3 nitrogen and oxygen atoms in total. The lowest BCUT2D eigenvalue weighted by Gasteiger charge is -2.10. The first-order valence-electron chi connectivity index (χ1n) is 6.90. The molecule has 0 aliphatic carbocycles. The third kappa shape index (κ3) is 4.59.